The molecule has 1 fully saturated rings. The van der Waals surface area contributed by atoms with Gasteiger partial charge < -0.3 is 14.8 Å². The molecule has 3 rings (SSSR count). The molecular formula is C19H20ClN3O3. The first-order valence-corrected chi connectivity index (χ1v) is 8.84. The van der Waals surface area contributed by atoms with Gasteiger partial charge in [0.05, 0.1) is 16.8 Å². The van der Waals surface area contributed by atoms with Gasteiger partial charge in [0.1, 0.15) is 0 Å². The van der Waals surface area contributed by atoms with Gasteiger partial charge in [-0.25, -0.2) is 0 Å². The van der Waals surface area contributed by atoms with Gasteiger partial charge in [-0.1, -0.05) is 29.8 Å². The van der Waals surface area contributed by atoms with E-state index in [9.17, 15) is 14.4 Å². The molecule has 2 amide bonds. The lowest BCUT2D eigenvalue weighted by Crippen LogP contribution is -2.38. The number of aromatic nitrogens is 1. The molecule has 0 saturated carbocycles. The second-order valence-electron chi connectivity index (χ2n) is 6.33. The minimum atomic E-state index is -0.264. The Hall–Kier alpha value is -2.60. The summed E-state index contributed by atoms with van der Waals surface area (Å²) in [7, 11) is 0. The number of rotatable bonds is 5. The van der Waals surface area contributed by atoms with Crippen molar-refractivity contribution in [1.29, 1.82) is 0 Å². The zero-order valence-electron chi connectivity index (χ0n) is 14.4. The largest absolute Gasteiger partial charge is 0.351 e. The number of anilines is 1. The molecule has 26 heavy (non-hydrogen) atoms. The summed E-state index contributed by atoms with van der Waals surface area (Å²) < 4.78 is 1.56. The molecule has 1 aliphatic heterocycles. The molecule has 136 valence electrons. The predicted molar refractivity (Wildman–Crippen MR) is 100 cm³/mol. The average molecular weight is 374 g/mol. The van der Waals surface area contributed by atoms with E-state index in [-0.39, 0.29) is 36.3 Å². The maximum absolute atomic E-state index is 12.3. The fraction of sp³-hybridized carbons (Fsp3) is 0.316. The Bertz CT molecular complexity index is 894. The van der Waals surface area contributed by atoms with Gasteiger partial charge in [0.25, 0.3) is 5.56 Å². The van der Waals surface area contributed by atoms with Gasteiger partial charge in [0.2, 0.25) is 11.8 Å². The second-order valence-corrected chi connectivity index (χ2v) is 6.74. The van der Waals surface area contributed by atoms with Gasteiger partial charge in [-0.3, -0.25) is 14.4 Å². The predicted octanol–water partition coefficient (Wildman–Crippen LogP) is 2.12. The molecule has 0 bridgehead atoms. The van der Waals surface area contributed by atoms with E-state index >= 15 is 0 Å². The maximum Gasteiger partial charge on any atom is 0.250 e. The van der Waals surface area contributed by atoms with E-state index < -0.39 is 0 Å². The highest BCUT2D eigenvalue weighted by Gasteiger charge is 2.32. The van der Waals surface area contributed by atoms with Crippen LogP contribution in [0.25, 0.3) is 0 Å². The van der Waals surface area contributed by atoms with Gasteiger partial charge in [-0.15, -0.1) is 0 Å². The lowest BCUT2D eigenvalue weighted by atomic mass is 10.2. The first-order chi connectivity index (χ1) is 12.5. The first-order valence-electron chi connectivity index (χ1n) is 8.46. The maximum atomic E-state index is 12.3. The molecule has 1 N–H and O–H groups in total. The van der Waals surface area contributed by atoms with Crippen LogP contribution in [0.5, 0.6) is 0 Å². The lowest BCUT2D eigenvalue weighted by Gasteiger charge is -2.18. The molecule has 1 aromatic heterocycles. The highest BCUT2D eigenvalue weighted by atomic mass is 35.5. The van der Waals surface area contributed by atoms with E-state index in [4.69, 9.17) is 11.6 Å². The van der Waals surface area contributed by atoms with Crippen molar-refractivity contribution in [2.45, 2.75) is 32.4 Å². The Morgan fingerprint density at radius 2 is 1.96 bits per heavy atom. The Morgan fingerprint density at radius 1 is 1.19 bits per heavy atom. The number of para-hydroxylation sites is 1. The van der Waals surface area contributed by atoms with E-state index in [0.717, 1.165) is 5.69 Å². The normalized spacial score (nSPS) is 16.8. The molecule has 0 spiro atoms. The molecule has 2 aromatic rings. The number of pyridine rings is 1. The number of halogens is 1. The van der Waals surface area contributed by atoms with E-state index in [1.807, 2.05) is 19.1 Å². The number of carbonyl (C=O) groups is 2. The average Bonchev–Trinajstić information content (AvgIpc) is 2.95. The molecule has 7 heteroatoms. The van der Waals surface area contributed by atoms with Crippen LogP contribution < -0.4 is 15.8 Å². The van der Waals surface area contributed by atoms with Crippen LogP contribution in [0.15, 0.2) is 47.3 Å². The summed E-state index contributed by atoms with van der Waals surface area (Å²) in [6.07, 6.45) is 0.419. The number of carbonyl (C=O) groups excluding carboxylic acids is 2. The van der Waals surface area contributed by atoms with Crippen LogP contribution in [0.4, 0.5) is 5.69 Å². The Kier molecular flexibility index (Phi) is 5.42. The van der Waals surface area contributed by atoms with Crippen molar-refractivity contribution in [3.8, 4) is 0 Å². The fourth-order valence-corrected chi connectivity index (χ4v) is 3.37. The quantitative estimate of drug-likeness (QED) is 0.872. The molecule has 1 unspecified atom stereocenters. The lowest BCUT2D eigenvalue weighted by molar-refractivity contribution is -0.122. The second kappa shape index (κ2) is 7.74. The van der Waals surface area contributed by atoms with Gasteiger partial charge in [0.15, 0.2) is 0 Å². The third-order valence-electron chi connectivity index (χ3n) is 4.46. The molecule has 6 nitrogen and oxygen atoms in total. The summed E-state index contributed by atoms with van der Waals surface area (Å²) in [6.45, 7) is 2.53. The van der Waals surface area contributed by atoms with Crippen LogP contribution in [0.3, 0.4) is 0 Å². The molecule has 0 aliphatic carbocycles. The summed E-state index contributed by atoms with van der Waals surface area (Å²) in [5.41, 5.74) is 1.34. The summed E-state index contributed by atoms with van der Waals surface area (Å²) >= 11 is 6.16. The summed E-state index contributed by atoms with van der Waals surface area (Å²) in [5.74, 6) is -0.252. The third kappa shape index (κ3) is 3.96. The highest BCUT2D eigenvalue weighted by molar-refractivity contribution is 6.33. The first kappa shape index (κ1) is 18.2. The van der Waals surface area contributed by atoms with Crippen molar-refractivity contribution in [3.05, 3.63) is 63.5 Å². The number of benzene rings is 1. The van der Waals surface area contributed by atoms with Gasteiger partial charge >= 0.3 is 0 Å². The fourth-order valence-electron chi connectivity index (χ4n) is 3.13. The van der Waals surface area contributed by atoms with Crippen molar-refractivity contribution in [2.75, 3.05) is 11.4 Å². The summed E-state index contributed by atoms with van der Waals surface area (Å²) in [4.78, 5) is 37.9. The molecular weight excluding hydrogens is 354 g/mol. The van der Waals surface area contributed by atoms with Crippen LogP contribution in [-0.2, 0) is 16.1 Å². The van der Waals surface area contributed by atoms with Crippen molar-refractivity contribution in [3.63, 3.8) is 0 Å². The smallest absolute Gasteiger partial charge is 0.250 e. The van der Waals surface area contributed by atoms with Crippen LogP contribution in [0.1, 0.15) is 18.5 Å². The third-order valence-corrected chi connectivity index (χ3v) is 4.78. The van der Waals surface area contributed by atoms with Gasteiger partial charge in [0, 0.05) is 37.7 Å². The van der Waals surface area contributed by atoms with Crippen molar-refractivity contribution in [2.24, 2.45) is 0 Å². The molecule has 1 atom stereocenters. The van der Waals surface area contributed by atoms with E-state index in [0.29, 0.717) is 23.8 Å². The van der Waals surface area contributed by atoms with Crippen molar-refractivity contribution < 1.29 is 9.59 Å². The SMILES string of the molecule is Cc1cccc(=O)n1CCC(=O)NC1CC(=O)N(c2ccccc2Cl)C1. The van der Waals surface area contributed by atoms with Gasteiger partial charge in [-0.05, 0) is 25.1 Å². The standard InChI is InChI=1S/C19H20ClN3O3/c1-13-5-4-8-18(25)22(13)10-9-17(24)21-14-11-19(26)23(12-14)16-7-3-2-6-15(16)20/h2-8,14H,9-12H2,1H3,(H,21,24). The molecule has 1 aromatic carbocycles. The molecule has 1 aliphatic rings. The number of nitrogens with zero attached hydrogens (tertiary/aromatic N) is 2. The zero-order chi connectivity index (χ0) is 18.7. The zero-order valence-corrected chi connectivity index (χ0v) is 15.2. The monoisotopic (exact) mass is 373 g/mol. The van der Waals surface area contributed by atoms with Crippen molar-refractivity contribution >= 4 is 29.1 Å². The van der Waals surface area contributed by atoms with Crippen LogP contribution in [0.2, 0.25) is 5.02 Å². The summed E-state index contributed by atoms with van der Waals surface area (Å²) in [5, 5.41) is 3.38. The van der Waals surface area contributed by atoms with E-state index in [1.165, 1.54) is 6.07 Å². The minimum absolute atomic E-state index is 0.0708. The number of nitrogens with one attached hydrogen (secondary N) is 1. The Balaban J connectivity index is 1.58. The van der Waals surface area contributed by atoms with Crippen molar-refractivity contribution in [1.82, 2.24) is 9.88 Å². The van der Waals surface area contributed by atoms with Crippen LogP contribution >= 0.6 is 11.6 Å². The molecule has 0 radical (unpaired) electrons. The van der Waals surface area contributed by atoms with E-state index in [1.54, 1.807) is 33.7 Å². The summed E-state index contributed by atoms with van der Waals surface area (Å²) in [6, 6.07) is 11.9. The van der Waals surface area contributed by atoms with E-state index in [2.05, 4.69) is 5.32 Å². The minimum Gasteiger partial charge on any atom is -0.351 e. The number of hydrogen-bond donors (Lipinski definition) is 1. The van der Waals surface area contributed by atoms with Crippen LogP contribution in [0, 0.1) is 6.92 Å². The molecule has 1 saturated heterocycles. The highest BCUT2D eigenvalue weighted by Crippen LogP contribution is 2.28. The molecule has 2 heterocycles. The topological polar surface area (TPSA) is 71.4 Å². The van der Waals surface area contributed by atoms with Crippen LogP contribution in [-0.4, -0.2) is 29.0 Å². The Labute approximate surface area is 156 Å². The number of aryl methyl sites for hydroxylation is 1. The number of amides is 2. The Morgan fingerprint density at radius 3 is 2.69 bits per heavy atom. The van der Waals surface area contributed by atoms with Gasteiger partial charge in [-0.2, -0.15) is 0 Å². The number of hydrogen-bond acceptors (Lipinski definition) is 3.